The predicted octanol–water partition coefficient (Wildman–Crippen LogP) is 3.39. The third-order valence-corrected chi connectivity index (χ3v) is 5.22. The molecule has 1 saturated heterocycles. The average molecular weight is 286 g/mol. The summed E-state index contributed by atoms with van der Waals surface area (Å²) in [5.74, 6) is 0.764. The Hall–Kier alpha value is -0.860. The van der Waals surface area contributed by atoms with Crippen molar-refractivity contribution >= 4 is 0 Å². The summed E-state index contributed by atoms with van der Waals surface area (Å²) in [5, 5.41) is 3.71. The molecule has 116 valence electrons. The van der Waals surface area contributed by atoms with E-state index in [9.17, 15) is 0 Å². The Morgan fingerprint density at radius 2 is 2.10 bits per heavy atom. The fraction of sp³-hybridized carbons (Fsp3) is 0.684. The van der Waals surface area contributed by atoms with E-state index in [0.29, 0.717) is 0 Å². The number of nitrogens with zero attached hydrogens (tertiary/aromatic N) is 1. The molecular weight excluding hydrogens is 256 g/mol. The van der Waals surface area contributed by atoms with Gasteiger partial charge in [-0.1, -0.05) is 32.0 Å². The zero-order valence-electron chi connectivity index (χ0n) is 13.7. The Morgan fingerprint density at radius 1 is 1.24 bits per heavy atom. The lowest BCUT2D eigenvalue weighted by Gasteiger charge is -2.37. The molecule has 1 aliphatic heterocycles. The summed E-state index contributed by atoms with van der Waals surface area (Å²) in [5.41, 5.74) is 4.72. The minimum atomic E-state index is 0.723. The minimum Gasteiger partial charge on any atom is -0.314 e. The Bertz CT molecular complexity index is 469. The highest BCUT2D eigenvalue weighted by molar-refractivity contribution is 5.35. The summed E-state index contributed by atoms with van der Waals surface area (Å²) in [6, 6.07) is 7.92. The summed E-state index contributed by atoms with van der Waals surface area (Å²) in [6.45, 7) is 9.43. The molecule has 2 aliphatic rings. The molecule has 0 spiro atoms. The lowest BCUT2D eigenvalue weighted by molar-refractivity contribution is 0.141. The largest absolute Gasteiger partial charge is 0.314 e. The van der Waals surface area contributed by atoms with Gasteiger partial charge in [0, 0.05) is 19.1 Å². The van der Waals surface area contributed by atoms with Crippen LogP contribution < -0.4 is 5.32 Å². The van der Waals surface area contributed by atoms with Crippen molar-refractivity contribution < 1.29 is 0 Å². The van der Waals surface area contributed by atoms with Gasteiger partial charge in [0.15, 0.2) is 0 Å². The van der Waals surface area contributed by atoms with Gasteiger partial charge in [0.05, 0.1) is 0 Å². The van der Waals surface area contributed by atoms with Crippen molar-refractivity contribution in [1.82, 2.24) is 10.2 Å². The van der Waals surface area contributed by atoms with E-state index >= 15 is 0 Å². The number of hydrogen-bond acceptors (Lipinski definition) is 2. The third-order valence-electron chi connectivity index (χ3n) is 5.22. The molecule has 21 heavy (non-hydrogen) atoms. The van der Waals surface area contributed by atoms with Crippen LogP contribution in [0.3, 0.4) is 0 Å². The number of aryl methyl sites for hydroxylation is 2. The smallest absolute Gasteiger partial charge is 0.0233 e. The SMILES string of the molecule is CCCNC1CCN(Cc2ccc3c(c2)CCC3)CC1C. The van der Waals surface area contributed by atoms with Crippen LogP contribution in [0.5, 0.6) is 0 Å². The van der Waals surface area contributed by atoms with Crippen LogP contribution in [0.15, 0.2) is 18.2 Å². The van der Waals surface area contributed by atoms with Crippen LogP contribution in [0.1, 0.15) is 49.8 Å². The number of fused-ring (bicyclic) bond motifs is 1. The predicted molar refractivity (Wildman–Crippen MR) is 89.6 cm³/mol. The minimum absolute atomic E-state index is 0.723. The van der Waals surface area contributed by atoms with Crippen molar-refractivity contribution in [3.8, 4) is 0 Å². The van der Waals surface area contributed by atoms with Gasteiger partial charge in [-0.15, -0.1) is 0 Å². The van der Waals surface area contributed by atoms with Crippen molar-refractivity contribution in [1.29, 1.82) is 0 Å². The highest BCUT2D eigenvalue weighted by Gasteiger charge is 2.25. The second-order valence-corrected chi connectivity index (χ2v) is 7.02. The second-order valence-electron chi connectivity index (χ2n) is 7.02. The van der Waals surface area contributed by atoms with Gasteiger partial charge in [0.1, 0.15) is 0 Å². The van der Waals surface area contributed by atoms with Crippen molar-refractivity contribution in [2.24, 2.45) is 5.92 Å². The summed E-state index contributed by atoms with van der Waals surface area (Å²) in [6.07, 6.45) is 6.47. The maximum Gasteiger partial charge on any atom is 0.0233 e. The molecule has 1 aromatic carbocycles. The molecule has 2 atom stereocenters. The van der Waals surface area contributed by atoms with Crippen molar-refractivity contribution in [3.05, 3.63) is 34.9 Å². The van der Waals surface area contributed by atoms with Crippen LogP contribution in [0.25, 0.3) is 0 Å². The molecule has 2 nitrogen and oxygen atoms in total. The molecule has 0 saturated carbocycles. The fourth-order valence-electron chi connectivity index (χ4n) is 3.99. The van der Waals surface area contributed by atoms with Gasteiger partial charge in [-0.2, -0.15) is 0 Å². The van der Waals surface area contributed by atoms with E-state index in [4.69, 9.17) is 0 Å². The normalized spacial score (nSPS) is 26.0. The molecule has 0 bridgehead atoms. The van der Waals surface area contributed by atoms with Crippen molar-refractivity contribution in [2.45, 2.75) is 58.5 Å². The number of hydrogen-bond donors (Lipinski definition) is 1. The van der Waals surface area contributed by atoms with E-state index in [-0.39, 0.29) is 0 Å². The first-order chi connectivity index (χ1) is 10.3. The van der Waals surface area contributed by atoms with Crippen molar-refractivity contribution in [3.63, 3.8) is 0 Å². The quantitative estimate of drug-likeness (QED) is 0.892. The van der Waals surface area contributed by atoms with Crippen LogP contribution in [-0.2, 0) is 19.4 Å². The third kappa shape index (κ3) is 3.67. The van der Waals surface area contributed by atoms with Gasteiger partial charge in [-0.3, -0.25) is 4.90 Å². The van der Waals surface area contributed by atoms with Crippen molar-refractivity contribution in [2.75, 3.05) is 19.6 Å². The molecule has 1 aliphatic carbocycles. The monoisotopic (exact) mass is 286 g/mol. The Kier molecular flexibility index (Phi) is 4.97. The van der Waals surface area contributed by atoms with Crippen LogP contribution >= 0.6 is 0 Å². The van der Waals surface area contributed by atoms with E-state index in [2.05, 4.69) is 42.3 Å². The topological polar surface area (TPSA) is 15.3 Å². The molecule has 1 heterocycles. The van der Waals surface area contributed by atoms with Gasteiger partial charge in [0.25, 0.3) is 0 Å². The zero-order chi connectivity index (χ0) is 14.7. The van der Waals surface area contributed by atoms with E-state index in [0.717, 1.165) is 18.5 Å². The maximum absolute atomic E-state index is 3.71. The molecule has 1 aromatic rings. The molecule has 1 N–H and O–H groups in total. The summed E-state index contributed by atoms with van der Waals surface area (Å²) in [4.78, 5) is 2.64. The van der Waals surface area contributed by atoms with Gasteiger partial charge < -0.3 is 5.32 Å². The number of rotatable bonds is 5. The Balaban J connectivity index is 1.55. The summed E-state index contributed by atoms with van der Waals surface area (Å²) in [7, 11) is 0. The molecule has 2 unspecified atom stereocenters. The number of likely N-dealkylation sites (tertiary alicyclic amines) is 1. The number of nitrogens with one attached hydrogen (secondary N) is 1. The van der Waals surface area contributed by atoms with Crippen LogP contribution in [0.2, 0.25) is 0 Å². The van der Waals surface area contributed by atoms with E-state index in [1.807, 2.05) is 0 Å². The molecule has 0 radical (unpaired) electrons. The first kappa shape index (κ1) is 15.1. The molecular formula is C19H30N2. The highest BCUT2D eigenvalue weighted by Crippen LogP contribution is 2.24. The molecule has 0 amide bonds. The van der Waals surface area contributed by atoms with E-state index in [1.54, 1.807) is 11.1 Å². The first-order valence-corrected chi connectivity index (χ1v) is 8.82. The number of benzene rings is 1. The second kappa shape index (κ2) is 6.93. The molecule has 2 heteroatoms. The maximum atomic E-state index is 3.71. The standard InChI is InChI=1S/C19H30N2/c1-3-10-20-19-9-11-21(13-15(19)2)14-16-7-8-17-5-4-6-18(17)12-16/h7-8,12,15,19-20H,3-6,9-11,13-14H2,1-2H3. The highest BCUT2D eigenvalue weighted by atomic mass is 15.1. The zero-order valence-corrected chi connectivity index (χ0v) is 13.7. The first-order valence-electron chi connectivity index (χ1n) is 8.82. The van der Waals surface area contributed by atoms with Gasteiger partial charge in [0.2, 0.25) is 0 Å². The Morgan fingerprint density at radius 3 is 2.90 bits per heavy atom. The van der Waals surface area contributed by atoms with Crippen LogP contribution in [0.4, 0.5) is 0 Å². The summed E-state index contributed by atoms with van der Waals surface area (Å²) >= 11 is 0. The van der Waals surface area contributed by atoms with Gasteiger partial charge in [-0.25, -0.2) is 0 Å². The molecule has 3 rings (SSSR count). The number of piperidine rings is 1. The summed E-state index contributed by atoms with van der Waals surface area (Å²) < 4.78 is 0. The fourth-order valence-corrected chi connectivity index (χ4v) is 3.99. The van der Waals surface area contributed by atoms with Crippen LogP contribution in [-0.4, -0.2) is 30.6 Å². The molecule has 0 aromatic heterocycles. The van der Waals surface area contributed by atoms with Gasteiger partial charge >= 0.3 is 0 Å². The molecule has 1 fully saturated rings. The van der Waals surface area contributed by atoms with E-state index in [1.165, 1.54) is 57.3 Å². The van der Waals surface area contributed by atoms with Gasteiger partial charge in [-0.05, 0) is 67.8 Å². The van der Waals surface area contributed by atoms with E-state index < -0.39 is 0 Å². The lowest BCUT2D eigenvalue weighted by atomic mass is 9.93. The average Bonchev–Trinajstić information content (AvgIpc) is 2.94. The van der Waals surface area contributed by atoms with Crippen LogP contribution in [0, 0.1) is 5.92 Å². The Labute approximate surface area is 129 Å². The lowest BCUT2D eigenvalue weighted by Crippen LogP contribution is -2.48.